The maximum absolute atomic E-state index is 11.1. The number of nitrogens with zero attached hydrogens (tertiary/aromatic N) is 3. The molecule has 0 aliphatic heterocycles. The van der Waals surface area contributed by atoms with Gasteiger partial charge in [0, 0.05) is 20.8 Å². The van der Waals surface area contributed by atoms with E-state index in [1.165, 1.54) is 20.5 Å². The third-order valence-electron chi connectivity index (χ3n) is 2.10. The predicted octanol–water partition coefficient (Wildman–Crippen LogP) is 0.468. The maximum atomic E-state index is 11.1. The van der Waals surface area contributed by atoms with Crippen molar-refractivity contribution in [2.24, 2.45) is 0 Å². The number of ether oxygens (including phenoxy) is 3. The van der Waals surface area contributed by atoms with Crippen LogP contribution in [0.4, 0.5) is 11.5 Å². The molecular formula is C10H16N4O5. The zero-order valence-electron chi connectivity index (χ0n) is 10.8. The first-order valence-electron chi connectivity index (χ1n) is 5.54. The Kier molecular flexibility index (Phi) is 6.47. The van der Waals surface area contributed by atoms with E-state index in [1.54, 1.807) is 0 Å². The average molecular weight is 272 g/mol. The normalized spacial score (nSPS) is 10.2. The molecule has 0 saturated heterocycles. The van der Waals surface area contributed by atoms with Gasteiger partial charge in [0.2, 0.25) is 5.82 Å². The number of rotatable bonds is 9. The van der Waals surface area contributed by atoms with Gasteiger partial charge in [-0.15, -0.1) is 0 Å². The van der Waals surface area contributed by atoms with Crippen molar-refractivity contribution in [1.82, 2.24) is 9.97 Å². The van der Waals surface area contributed by atoms with Gasteiger partial charge in [-0.05, 0) is 0 Å². The maximum Gasteiger partial charge on any atom is 0.372 e. The average Bonchev–Trinajstić information content (AvgIpc) is 2.39. The number of aromatic nitrogens is 2. The first-order chi connectivity index (χ1) is 9.20. The highest BCUT2D eigenvalue weighted by Crippen LogP contribution is 2.30. The standard InChI is InChI=1S/C10H16N4O5/c1-17-4-3-11-9-8(14(15)16)10(13-7-12-9)19-6-5-18-2/h7H,3-6H2,1-2H3,(H,11,12,13). The van der Waals surface area contributed by atoms with Crippen LogP contribution in [0.3, 0.4) is 0 Å². The summed E-state index contributed by atoms with van der Waals surface area (Å²) in [5, 5.41) is 13.8. The van der Waals surface area contributed by atoms with Crippen LogP contribution in [0, 0.1) is 10.1 Å². The Hall–Kier alpha value is -2.00. The van der Waals surface area contributed by atoms with Crippen LogP contribution in [0.15, 0.2) is 6.33 Å². The van der Waals surface area contributed by atoms with Gasteiger partial charge < -0.3 is 19.5 Å². The van der Waals surface area contributed by atoms with Gasteiger partial charge in [0.15, 0.2) is 0 Å². The van der Waals surface area contributed by atoms with Crippen molar-refractivity contribution < 1.29 is 19.1 Å². The second-order valence-electron chi connectivity index (χ2n) is 3.39. The number of methoxy groups -OCH3 is 2. The van der Waals surface area contributed by atoms with Crippen LogP contribution in [-0.2, 0) is 9.47 Å². The lowest BCUT2D eigenvalue weighted by Crippen LogP contribution is -2.13. The smallest absolute Gasteiger partial charge is 0.372 e. The molecule has 106 valence electrons. The molecule has 1 heterocycles. The fourth-order valence-corrected chi connectivity index (χ4v) is 1.26. The van der Waals surface area contributed by atoms with E-state index in [-0.39, 0.29) is 24.0 Å². The van der Waals surface area contributed by atoms with E-state index in [9.17, 15) is 10.1 Å². The van der Waals surface area contributed by atoms with Crippen molar-refractivity contribution in [2.45, 2.75) is 0 Å². The summed E-state index contributed by atoms with van der Waals surface area (Å²) in [5.74, 6) is 0.0152. The second kappa shape index (κ2) is 8.16. The van der Waals surface area contributed by atoms with Crippen LogP contribution in [-0.4, -0.2) is 55.5 Å². The van der Waals surface area contributed by atoms with Crippen molar-refractivity contribution in [3.05, 3.63) is 16.4 Å². The number of nitro groups is 1. The number of hydrogen-bond donors (Lipinski definition) is 1. The van der Waals surface area contributed by atoms with Gasteiger partial charge >= 0.3 is 5.69 Å². The van der Waals surface area contributed by atoms with Crippen molar-refractivity contribution in [1.29, 1.82) is 0 Å². The summed E-state index contributed by atoms with van der Waals surface area (Å²) in [6.45, 7) is 1.28. The van der Waals surface area contributed by atoms with Crippen LogP contribution in [0.2, 0.25) is 0 Å². The molecule has 1 aromatic rings. The largest absolute Gasteiger partial charge is 0.470 e. The fraction of sp³-hybridized carbons (Fsp3) is 0.600. The molecule has 0 bridgehead atoms. The summed E-state index contributed by atoms with van der Waals surface area (Å²) in [5.41, 5.74) is -0.297. The molecule has 0 unspecified atom stereocenters. The fourth-order valence-electron chi connectivity index (χ4n) is 1.26. The molecule has 19 heavy (non-hydrogen) atoms. The summed E-state index contributed by atoms with van der Waals surface area (Å²) in [4.78, 5) is 18.1. The Bertz CT molecular complexity index is 387. The summed E-state index contributed by atoms with van der Waals surface area (Å²) >= 11 is 0. The first kappa shape index (κ1) is 15.1. The molecule has 0 saturated carbocycles. The van der Waals surface area contributed by atoms with Gasteiger partial charge in [0.05, 0.1) is 18.1 Å². The Morgan fingerprint density at radius 1 is 1.26 bits per heavy atom. The van der Waals surface area contributed by atoms with Crippen LogP contribution in [0.25, 0.3) is 0 Å². The molecule has 0 aromatic carbocycles. The SMILES string of the molecule is COCCNc1ncnc(OCCOC)c1[N+](=O)[O-]. The second-order valence-corrected chi connectivity index (χ2v) is 3.39. The summed E-state index contributed by atoms with van der Waals surface area (Å²) in [6, 6.07) is 0. The van der Waals surface area contributed by atoms with Crippen molar-refractivity contribution >= 4 is 11.5 Å². The van der Waals surface area contributed by atoms with E-state index in [2.05, 4.69) is 15.3 Å². The van der Waals surface area contributed by atoms with Crippen molar-refractivity contribution in [3.63, 3.8) is 0 Å². The Balaban J connectivity index is 2.84. The first-order valence-corrected chi connectivity index (χ1v) is 5.54. The van der Waals surface area contributed by atoms with Gasteiger partial charge in [0.1, 0.15) is 12.9 Å². The molecule has 0 spiro atoms. The molecule has 0 radical (unpaired) electrons. The number of nitrogens with one attached hydrogen (secondary N) is 1. The van der Waals surface area contributed by atoms with Crippen molar-refractivity contribution in [3.8, 4) is 5.88 Å². The minimum atomic E-state index is -0.586. The number of anilines is 1. The predicted molar refractivity (Wildman–Crippen MR) is 66.4 cm³/mol. The molecule has 1 rings (SSSR count). The third-order valence-corrected chi connectivity index (χ3v) is 2.10. The van der Waals surface area contributed by atoms with Crippen LogP contribution >= 0.6 is 0 Å². The van der Waals surface area contributed by atoms with Crippen LogP contribution in [0.1, 0.15) is 0 Å². The minimum absolute atomic E-state index is 0.0861. The van der Waals surface area contributed by atoms with Gasteiger partial charge in [0.25, 0.3) is 5.88 Å². The number of hydrogen-bond acceptors (Lipinski definition) is 8. The molecule has 9 heteroatoms. The third kappa shape index (κ3) is 4.64. The minimum Gasteiger partial charge on any atom is -0.470 e. The lowest BCUT2D eigenvalue weighted by molar-refractivity contribution is -0.385. The van der Waals surface area contributed by atoms with Crippen LogP contribution in [0.5, 0.6) is 5.88 Å². The highest BCUT2D eigenvalue weighted by molar-refractivity contribution is 5.61. The molecule has 9 nitrogen and oxygen atoms in total. The summed E-state index contributed by atoms with van der Waals surface area (Å²) < 4.78 is 14.9. The lowest BCUT2D eigenvalue weighted by Gasteiger charge is -2.08. The molecular weight excluding hydrogens is 256 g/mol. The molecule has 1 N–H and O–H groups in total. The molecule has 1 aromatic heterocycles. The summed E-state index contributed by atoms with van der Waals surface area (Å²) in [7, 11) is 3.05. The van der Waals surface area contributed by atoms with Crippen LogP contribution < -0.4 is 10.1 Å². The van der Waals surface area contributed by atoms with E-state index >= 15 is 0 Å². The van der Waals surface area contributed by atoms with Gasteiger partial charge in [-0.1, -0.05) is 0 Å². The topological polar surface area (TPSA) is 109 Å². The highest BCUT2D eigenvalue weighted by Gasteiger charge is 2.24. The molecule has 0 aliphatic rings. The monoisotopic (exact) mass is 272 g/mol. The Morgan fingerprint density at radius 3 is 2.63 bits per heavy atom. The van der Waals surface area contributed by atoms with E-state index in [4.69, 9.17) is 14.2 Å². The zero-order chi connectivity index (χ0) is 14.1. The van der Waals surface area contributed by atoms with E-state index in [0.29, 0.717) is 19.8 Å². The Labute approximate surface area is 110 Å². The molecule has 0 amide bonds. The van der Waals surface area contributed by atoms with E-state index < -0.39 is 4.92 Å². The van der Waals surface area contributed by atoms with Gasteiger partial charge in [-0.3, -0.25) is 10.1 Å². The van der Waals surface area contributed by atoms with E-state index in [1.807, 2.05) is 0 Å². The zero-order valence-corrected chi connectivity index (χ0v) is 10.8. The lowest BCUT2D eigenvalue weighted by atomic mass is 10.4. The molecule has 0 aliphatic carbocycles. The molecule has 0 atom stereocenters. The van der Waals surface area contributed by atoms with Gasteiger partial charge in [-0.25, -0.2) is 4.98 Å². The molecule has 0 fully saturated rings. The summed E-state index contributed by atoms with van der Waals surface area (Å²) in [6.07, 6.45) is 1.20. The highest BCUT2D eigenvalue weighted by atomic mass is 16.6. The Morgan fingerprint density at radius 2 is 2.00 bits per heavy atom. The van der Waals surface area contributed by atoms with E-state index in [0.717, 1.165) is 0 Å². The van der Waals surface area contributed by atoms with Gasteiger partial charge in [-0.2, -0.15) is 4.98 Å². The van der Waals surface area contributed by atoms with Crippen molar-refractivity contribution in [2.75, 3.05) is 45.9 Å². The quantitative estimate of drug-likeness (QED) is 0.392.